The van der Waals surface area contributed by atoms with Crippen molar-refractivity contribution in [1.82, 2.24) is 15.5 Å². The zero-order valence-electron chi connectivity index (χ0n) is 17.7. The first-order chi connectivity index (χ1) is 13.5. The van der Waals surface area contributed by atoms with Crippen molar-refractivity contribution in [1.29, 1.82) is 0 Å². The molecule has 2 atom stereocenters. The van der Waals surface area contributed by atoms with Gasteiger partial charge >= 0.3 is 5.97 Å². The number of carbonyl (C=O) groups is 2. The molecular formula is C21H33IN4O3. The molecule has 1 heterocycles. The van der Waals surface area contributed by atoms with E-state index in [0.29, 0.717) is 25.2 Å². The van der Waals surface area contributed by atoms with Gasteiger partial charge in [-0.05, 0) is 30.0 Å². The molecule has 29 heavy (non-hydrogen) atoms. The fourth-order valence-electron chi connectivity index (χ4n) is 3.37. The molecule has 0 saturated carbocycles. The first kappa shape index (κ1) is 25.2. The number of rotatable bonds is 7. The van der Waals surface area contributed by atoms with Gasteiger partial charge in [-0.25, -0.2) is 0 Å². The van der Waals surface area contributed by atoms with Crippen molar-refractivity contribution >= 4 is 41.8 Å². The number of guanidine groups is 1. The first-order valence-corrected chi connectivity index (χ1v) is 9.90. The molecule has 1 amide bonds. The largest absolute Gasteiger partial charge is 0.469 e. The average Bonchev–Trinajstić information content (AvgIpc) is 3.10. The van der Waals surface area contributed by atoms with Crippen LogP contribution in [0.2, 0.25) is 0 Å². The van der Waals surface area contributed by atoms with Crippen molar-refractivity contribution in [2.24, 2.45) is 16.8 Å². The van der Waals surface area contributed by atoms with Crippen molar-refractivity contribution in [3.63, 3.8) is 0 Å². The SMILES string of the molecule is CCCCNC(=O)c1ccc(CNC(=NC)N2CC(C)C(C(=O)OC)C2)cc1.I. The van der Waals surface area contributed by atoms with Gasteiger partial charge in [0, 0.05) is 38.8 Å². The van der Waals surface area contributed by atoms with E-state index in [1.165, 1.54) is 7.11 Å². The van der Waals surface area contributed by atoms with Gasteiger partial charge in [-0.2, -0.15) is 0 Å². The van der Waals surface area contributed by atoms with Crippen LogP contribution >= 0.6 is 24.0 Å². The lowest BCUT2D eigenvalue weighted by atomic mass is 9.99. The Hall–Kier alpha value is -1.84. The summed E-state index contributed by atoms with van der Waals surface area (Å²) >= 11 is 0. The number of hydrogen-bond donors (Lipinski definition) is 2. The molecule has 1 fully saturated rings. The maximum absolute atomic E-state index is 12.1. The Morgan fingerprint density at radius 3 is 2.48 bits per heavy atom. The Labute approximate surface area is 190 Å². The molecular weight excluding hydrogens is 483 g/mol. The Morgan fingerprint density at radius 1 is 1.21 bits per heavy atom. The number of nitrogens with one attached hydrogen (secondary N) is 2. The minimum atomic E-state index is -0.168. The van der Waals surface area contributed by atoms with E-state index in [0.717, 1.165) is 30.9 Å². The van der Waals surface area contributed by atoms with Gasteiger partial charge in [0.2, 0.25) is 0 Å². The molecule has 0 aromatic heterocycles. The zero-order chi connectivity index (χ0) is 20.5. The Balaban J connectivity index is 0.00000420. The van der Waals surface area contributed by atoms with Crippen LogP contribution in [0.4, 0.5) is 0 Å². The lowest BCUT2D eigenvalue weighted by molar-refractivity contribution is -0.145. The van der Waals surface area contributed by atoms with Gasteiger partial charge in [0.05, 0.1) is 13.0 Å². The van der Waals surface area contributed by atoms with Crippen LogP contribution in [0.1, 0.15) is 42.6 Å². The predicted molar refractivity (Wildman–Crippen MR) is 126 cm³/mol. The molecule has 0 bridgehead atoms. The normalized spacial score (nSPS) is 18.8. The summed E-state index contributed by atoms with van der Waals surface area (Å²) in [7, 11) is 3.17. The van der Waals surface area contributed by atoms with E-state index >= 15 is 0 Å². The summed E-state index contributed by atoms with van der Waals surface area (Å²) in [5, 5.41) is 6.26. The van der Waals surface area contributed by atoms with Crippen molar-refractivity contribution in [2.45, 2.75) is 33.2 Å². The molecule has 1 aromatic rings. The summed E-state index contributed by atoms with van der Waals surface area (Å²) in [6.07, 6.45) is 2.04. The number of esters is 1. The Morgan fingerprint density at radius 2 is 1.90 bits per heavy atom. The first-order valence-electron chi connectivity index (χ1n) is 9.90. The van der Waals surface area contributed by atoms with Crippen LogP contribution in [-0.4, -0.2) is 56.5 Å². The van der Waals surface area contributed by atoms with Gasteiger partial charge in [-0.15, -0.1) is 24.0 Å². The highest BCUT2D eigenvalue weighted by Gasteiger charge is 2.36. The van der Waals surface area contributed by atoms with Crippen LogP contribution < -0.4 is 10.6 Å². The standard InChI is InChI=1S/C21H32N4O3.HI/c1-5-6-11-23-19(26)17-9-7-16(8-10-17)12-24-21(22-3)25-13-15(2)18(14-25)20(27)28-4;/h7-10,15,18H,5-6,11-14H2,1-4H3,(H,22,24)(H,23,26);1H. The quantitative estimate of drug-likeness (QED) is 0.192. The summed E-state index contributed by atoms with van der Waals surface area (Å²) in [5.74, 6) is 0.645. The van der Waals surface area contributed by atoms with E-state index < -0.39 is 0 Å². The maximum atomic E-state index is 12.1. The second kappa shape index (κ2) is 12.7. The minimum Gasteiger partial charge on any atom is -0.469 e. The third-order valence-corrected chi connectivity index (χ3v) is 5.11. The summed E-state index contributed by atoms with van der Waals surface area (Å²) in [4.78, 5) is 30.4. The number of amides is 1. The van der Waals surface area contributed by atoms with Gasteiger partial charge in [0.25, 0.3) is 5.91 Å². The van der Waals surface area contributed by atoms with Crippen LogP contribution in [0.5, 0.6) is 0 Å². The van der Waals surface area contributed by atoms with Gasteiger partial charge in [0.15, 0.2) is 5.96 Å². The van der Waals surface area contributed by atoms with Gasteiger partial charge < -0.3 is 20.3 Å². The average molecular weight is 516 g/mol. The lowest BCUT2D eigenvalue weighted by Crippen LogP contribution is -2.40. The smallest absolute Gasteiger partial charge is 0.310 e. The van der Waals surface area contributed by atoms with E-state index in [1.54, 1.807) is 7.05 Å². The van der Waals surface area contributed by atoms with E-state index in [4.69, 9.17) is 4.74 Å². The molecule has 1 saturated heterocycles. The lowest BCUT2D eigenvalue weighted by Gasteiger charge is -2.21. The van der Waals surface area contributed by atoms with Crippen LogP contribution in [0, 0.1) is 11.8 Å². The van der Waals surface area contributed by atoms with Crippen LogP contribution in [0.3, 0.4) is 0 Å². The molecule has 0 aliphatic carbocycles. The zero-order valence-corrected chi connectivity index (χ0v) is 20.1. The number of carbonyl (C=O) groups excluding carboxylic acids is 2. The highest BCUT2D eigenvalue weighted by Crippen LogP contribution is 2.24. The molecule has 2 unspecified atom stereocenters. The highest BCUT2D eigenvalue weighted by atomic mass is 127. The number of methoxy groups -OCH3 is 1. The number of ether oxygens (including phenoxy) is 1. The summed E-state index contributed by atoms with van der Waals surface area (Å²) in [5.41, 5.74) is 1.72. The summed E-state index contributed by atoms with van der Waals surface area (Å²) in [6, 6.07) is 7.57. The second-order valence-electron chi connectivity index (χ2n) is 7.22. The van der Waals surface area contributed by atoms with E-state index in [2.05, 4.69) is 34.4 Å². The van der Waals surface area contributed by atoms with Gasteiger partial charge in [0.1, 0.15) is 0 Å². The number of nitrogens with zero attached hydrogens (tertiary/aromatic N) is 2. The number of hydrogen-bond acceptors (Lipinski definition) is 4. The van der Waals surface area contributed by atoms with Crippen LogP contribution in [0.25, 0.3) is 0 Å². The summed E-state index contributed by atoms with van der Waals surface area (Å²) < 4.78 is 4.90. The highest BCUT2D eigenvalue weighted by molar-refractivity contribution is 14.0. The molecule has 2 N–H and O–H groups in total. The molecule has 8 heteroatoms. The third kappa shape index (κ3) is 7.17. The van der Waals surface area contributed by atoms with Crippen LogP contribution in [-0.2, 0) is 16.1 Å². The summed E-state index contributed by atoms with van der Waals surface area (Å²) in [6.45, 7) is 6.81. The molecule has 1 aliphatic rings. The van der Waals surface area contributed by atoms with E-state index in [-0.39, 0.29) is 47.7 Å². The number of aliphatic imine (C=N–C) groups is 1. The number of benzene rings is 1. The number of halogens is 1. The molecule has 7 nitrogen and oxygen atoms in total. The molecule has 162 valence electrons. The Kier molecular flexibility index (Phi) is 11.0. The molecule has 1 aliphatic heterocycles. The number of likely N-dealkylation sites (tertiary alicyclic amines) is 1. The van der Waals surface area contributed by atoms with E-state index in [9.17, 15) is 9.59 Å². The van der Waals surface area contributed by atoms with Gasteiger partial charge in [-0.3, -0.25) is 14.6 Å². The fourth-order valence-corrected chi connectivity index (χ4v) is 3.37. The number of unbranched alkanes of at least 4 members (excludes halogenated alkanes) is 1. The fraction of sp³-hybridized carbons (Fsp3) is 0.571. The molecule has 0 spiro atoms. The molecule has 1 aromatic carbocycles. The van der Waals surface area contributed by atoms with E-state index in [1.807, 2.05) is 24.3 Å². The molecule has 2 rings (SSSR count). The molecule has 0 radical (unpaired) electrons. The Bertz CT molecular complexity index is 694. The van der Waals surface area contributed by atoms with Gasteiger partial charge in [-0.1, -0.05) is 32.4 Å². The topological polar surface area (TPSA) is 83.0 Å². The third-order valence-electron chi connectivity index (χ3n) is 5.11. The van der Waals surface area contributed by atoms with Crippen molar-refractivity contribution < 1.29 is 14.3 Å². The second-order valence-corrected chi connectivity index (χ2v) is 7.22. The van der Waals surface area contributed by atoms with Crippen molar-refractivity contribution in [3.05, 3.63) is 35.4 Å². The maximum Gasteiger partial charge on any atom is 0.310 e. The van der Waals surface area contributed by atoms with Crippen LogP contribution in [0.15, 0.2) is 29.3 Å². The van der Waals surface area contributed by atoms with Crippen molar-refractivity contribution in [2.75, 3.05) is 33.8 Å². The predicted octanol–water partition coefficient (Wildman–Crippen LogP) is 2.65. The van der Waals surface area contributed by atoms with Crippen molar-refractivity contribution in [3.8, 4) is 0 Å². The minimum absolute atomic E-state index is 0. The monoisotopic (exact) mass is 516 g/mol.